The van der Waals surface area contributed by atoms with Crippen molar-refractivity contribution in [2.45, 2.75) is 43.3 Å². The van der Waals surface area contributed by atoms with E-state index < -0.39 is 17.6 Å². The number of halogens is 3. The highest BCUT2D eigenvalue weighted by atomic mass is 32.1. The van der Waals surface area contributed by atoms with Crippen molar-refractivity contribution in [3.63, 3.8) is 0 Å². The molecule has 0 bridgehead atoms. The molecule has 2 saturated carbocycles. The van der Waals surface area contributed by atoms with Crippen LogP contribution in [0.25, 0.3) is 0 Å². The zero-order valence-corrected chi connectivity index (χ0v) is 11.3. The molecule has 2 fully saturated rings. The van der Waals surface area contributed by atoms with Gasteiger partial charge in [0.1, 0.15) is 10.4 Å². The summed E-state index contributed by atoms with van der Waals surface area (Å²) < 4.78 is 39.0. The van der Waals surface area contributed by atoms with Crippen molar-refractivity contribution in [3.8, 4) is 0 Å². The van der Waals surface area contributed by atoms with Crippen LogP contribution >= 0.6 is 11.3 Å². The van der Waals surface area contributed by atoms with Gasteiger partial charge in [-0.15, -0.1) is 11.3 Å². The van der Waals surface area contributed by atoms with Crippen LogP contribution in [-0.2, 0) is 0 Å². The van der Waals surface area contributed by atoms with E-state index >= 15 is 0 Å². The van der Waals surface area contributed by atoms with Crippen LogP contribution < -0.4 is 16.8 Å². The van der Waals surface area contributed by atoms with Crippen molar-refractivity contribution in [2.24, 2.45) is 5.73 Å². The topological polar surface area (TPSA) is 81.1 Å². The molecule has 0 atom stereocenters. The average molecular weight is 305 g/mol. The Balaban J connectivity index is 1.97. The highest BCUT2D eigenvalue weighted by Crippen LogP contribution is 2.56. The van der Waals surface area contributed by atoms with Crippen LogP contribution in [0, 0.1) is 0 Å². The molecule has 2 aliphatic rings. The molecular weight excluding hydrogens is 291 g/mol. The molecule has 2 aliphatic carbocycles. The standard InChI is InChI=1S/C12H14F3N3OS/c13-12(14,15)11(3-4-11)18-10-6(5-1-2-5)7(16)8(20-10)9(17)19/h5,18H,1-4,16H2,(H2,17,19). The van der Waals surface area contributed by atoms with Crippen LogP contribution in [0.2, 0.25) is 0 Å². The lowest BCUT2D eigenvalue weighted by Gasteiger charge is -2.21. The largest absolute Gasteiger partial charge is 0.411 e. The van der Waals surface area contributed by atoms with Gasteiger partial charge in [0.25, 0.3) is 5.91 Å². The van der Waals surface area contributed by atoms with Gasteiger partial charge in [-0.1, -0.05) is 0 Å². The number of amides is 1. The Hall–Kier alpha value is -1.44. The smallest absolute Gasteiger partial charge is 0.397 e. The summed E-state index contributed by atoms with van der Waals surface area (Å²) in [5.41, 5.74) is 10.1. The first-order chi connectivity index (χ1) is 9.25. The summed E-state index contributed by atoms with van der Waals surface area (Å²) in [4.78, 5) is 11.5. The minimum atomic E-state index is -4.31. The fourth-order valence-corrected chi connectivity index (χ4v) is 3.49. The summed E-state index contributed by atoms with van der Waals surface area (Å²) in [6, 6.07) is 0. The summed E-state index contributed by atoms with van der Waals surface area (Å²) >= 11 is 0.935. The Morgan fingerprint density at radius 3 is 2.35 bits per heavy atom. The van der Waals surface area contributed by atoms with Crippen molar-refractivity contribution in [2.75, 3.05) is 11.1 Å². The molecule has 0 aliphatic heterocycles. The number of thiophene rings is 1. The molecule has 1 aromatic heterocycles. The molecule has 1 heterocycles. The fourth-order valence-electron chi connectivity index (χ4n) is 2.33. The second-order valence-electron chi connectivity index (χ2n) is 5.43. The molecular formula is C12H14F3N3OS. The molecule has 0 saturated heterocycles. The van der Waals surface area contributed by atoms with Crippen molar-refractivity contribution in [1.29, 1.82) is 0 Å². The minimum absolute atomic E-state index is 0.0459. The van der Waals surface area contributed by atoms with E-state index in [2.05, 4.69) is 5.32 Å². The first-order valence-electron chi connectivity index (χ1n) is 6.32. The van der Waals surface area contributed by atoms with Gasteiger partial charge in [-0.25, -0.2) is 0 Å². The SMILES string of the molecule is NC(=O)c1sc(NC2(C(F)(F)F)CC2)c(C2CC2)c1N. The van der Waals surface area contributed by atoms with Crippen LogP contribution in [0.5, 0.6) is 0 Å². The maximum Gasteiger partial charge on any atom is 0.411 e. The van der Waals surface area contributed by atoms with Gasteiger partial charge in [-0.05, 0) is 31.6 Å². The molecule has 0 aromatic carbocycles. The molecule has 1 aromatic rings. The van der Waals surface area contributed by atoms with E-state index in [1.807, 2.05) is 0 Å². The zero-order valence-electron chi connectivity index (χ0n) is 10.5. The number of alkyl halides is 3. The van der Waals surface area contributed by atoms with E-state index in [1.165, 1.54) is 0 Å². The zero-order chi connectivity index (χ0) is 14.7. The van der Waals surface area contributed by atoms with Crippen molar-refractivity contribution in [1.82, 2.24) is 0 Å². The number of nitrogens with two attached hydrogens (primary N) is 2. The van der Waals surface area contributed by atoms with E-state index in [4.69, 9.17) is 11.5 Å². The lowest BCUT2D eigenvalue weighted by molar-refractivity contribution is -0.151. The molecule has 110 valence electrons. The molecule has 0 radical (unpaired) electrons. The molecule has 1 amide bonds. The van der Waals surface area contributed by atoms with Crippen LogP contribution in [0.15, 0.2) is 0 Å². The van der Waals surface area contributed by atoms with Gasteiger partial charge >= 0.3 is 6.18 Å². The first kappa shape index (κ1) is 13.5. The van der Waals surface area contributed by atoms with Crippen molar-refractivity contribution in [3.05, 3.63) is 10.4 Å². The summed E-state index contributed by atoms with van der Waals surface area (Å²) in [5.74, 6) is -0.551. The first-order valence-corrected chi connectivity index (χ1v) is 7.14. The maximum atomic E-state index is 13.0. The molecule has 20 heavy (non-hydrogen) atoms. The van der Waals surface area contributed by atoms with Crippen LogP contribution in [0.1, 0.15) is 46.8 Å². The summed E-state index contributed by atoms with van der Waals surface area (Å²) in [6.07, 6.45) is -2.45. The van der Waals surface area contributed by atoms with Crippen LogP contribution in [0.4, 0.5) is 23.9 Å². The number of hydrogen-bond donors (Lipinski definition) is 3. The monoisotopic (exact) mass is 305 g/mol. The van der Waals surface area contributed by atoms with E-state index in [-0.39, 0.29) is 29.3 Å². The number of rotatable bonds is 4. The number of anilines is 2. The molecule has 0 unspecified atom stereocenters. The fraction of sp³-hybridized carbons (Fsp3) is 0.583. The third-order valence-corrected chi connectivity index (χ3v) is 4.99. The van der Waals surface area contributed by atoms with Crippen LogP contribution in [0.3, 0.4) is 0 Å². The predicted molar refractivity (Wildman–Crippen MR) is 70.9 cm³/mol. The lowest BCUT2D eigenvalue weighted by Crippen LogP contribution is -2.38. The third kappa shape index (κ3) is 2.02. The molecule has 4 nitrogen and oxygen atoms in total. The van der Waals surface area contributed by atoms with E-state index in [0.717, 1.165) is 24.2 Å². The Kier molecular flexibility index (Phi) is 2.73. The number of hydrogen-bond acceptors (Lipinski definition) is 4. The number of carbonyl (C=O) groups is 1. The van der Waals surface area contributed by atoms with Crippen molar-refractivity contribution >= 4 is 27.9 Å². The Bertz CT molecular complexity index is 573. The highest BCUT2D eigenvalue weighted by molar-refractivity contribution is 7.18. The van der Waals surface area contributed by atoms with Gasteiger partial charge in [0.05, 0.1) is 10.7 Å². The number of nitrogen functional groups attached to an aromatic ring is 1. The quantitative estimate of drug-likeness (QED) is 0.800. The van der Waals surface area contributed by atoms with Gasteiger partial charge < -0.3 is 16.8 Å². The van der Waals surface area contributed by atoms with Gasteiger partial charge in [0.2, 0.25) is 0 Å². The average Bonchev–Trinajstić information content (AvgIpc) is 3.18. The third-order valence-electron chi connectivity index (χ3n) is 3.84. The van der Waals surface area contributed by atoms with Gasteiger partial charge in [0, 0.05) is 5.56 Å². The Labute approximate surface area is 117 Å². The second-order valence-corrected chi connectivity index (χ2v) is 6.45. The molecule has 8 heteroatoms. The molecule has 5 N–H and O–H groups in total. The normalized spacial score (nSPS) is 20.8. The Morgan fingerprint density at radius 2 is 1.95 bits per heavy atom. The number of primary amides is 1. The van der Waals surface area contributed by atoms with E-state index in [0.29, 0.717) is 10.6 Å². The van der Waals surface area contributed by atoms with E-state index in [1.54, 1.807) is 0 Å². The van der Waals surface area contributed by atoms with Crippen LogP contribution in [-0.4, -0.2) is 17.6 Å². The molecule has 0 spiro atoms. The predicted octanol–water partition coefficient (Wildman–Crippen LogP) is 2.81. The van der Waals surface area contributed by atoms with Gasteiger partial charge in [-0.2, -0.15) is 13.2 Å². The summed E-state index contributed by atoms with van der Waals surface area (Å²) in [7, 11) is 0. The minimum Gasteiger partial charge on any atom is -0.397 e. The summed E-state index contributed by atoms with van der Waals surface area (Å²) in [6.45, 7) is 0. The highest BCUT2D eigenvalue weighted by Gasteiger charge is 2.64. The maximum absolute atomic E-state index is 13.0. The molecule has 3 rings (SSSR count). The van der Waals surface area contributed by atoms with Crippen molar-refractivity contribution < 1.29 is 18.0 Å². The van der Waals surface area contributed by atoms with Gasteiger partial charge in [-0.3, -0.25) is 4.79 Å². The van der Waals surface area contributed by atoms with Gasteiger partial charge in [0.15, 0.2) is 0 Å². The second kappa shape index (κ2) is 4.03. The van der Waals surface area contributed by atoms with E-state index in [9.17, 15) is 18.0 Å². The lowest BCUT2D eigenvalue weighted by atomic mass is 10.1. The summed E-state index contributed by atoms with van der Waals surface area (Å²) in [5, 5.41) is 2.94. The Morgan fingerprint density at radius 1 is 1.35 bits per heavy atom. The number of carbonyl (C=O) groups excluding carboxylic acids is 1. The number of nitrogens with one attached hydrogen (secondary N) is 1.